The summed E-state index contributed by atoms with van der Waals surface area (Å²) in [6.07, 6.45) is 5.03. The summed E-state index contributed by atoms with van der Waals surface area (Å²) in [5.41, 5.74) is 8.02. The Balaban J connectivity index is 1.77. The third-order valence-corrected chi connectivity index (χ3v) is 4.27. The molecule has 0 aliphatic carbocycles. The molecule has 1 aliphatic heterocycles. The molecule has 2 heterocycles. The highest BCUT2D eigenvalue weighted by atomic mass is 15.2. The van der Waals surface area contributed by atoms with Crippen LogP contribution in [0.5, 0.6) is 0 Å². The van der Waals surface area contributed by atoms with E-state index in [1.807, 2.05) is 0 Å². The van der Waals surface area contributed by atoms with Gasteiger partial charge in [0.2, 0.25) is 0 Å². The number of hydrogen-bond acceptors (Lipinski definition) is 3. The number of pyridine rings is 1. The summed E-state index contributed by atoms with van der Waals surface area (Å²) in [6.45, 7) is 2.92. The van der Waals surface area contributed by atoms with Gasteiger partial charge in [-0.15, -0.1) is 0 Å². The zero-order valence-corrected chi connectivity index (χ0v) is 12.0. The molecule has 20 heavy (non-hydrogen) atoms. The van der Waals surface area contributed by atoms with Crippen molar-refractivity contribution >= 4 is 10.9 Å². The zero-order valence-electron chi connectivity index (χ0n) is 12.0. The Labute approximate surface area is 120 Å². The number of nitrogens with zero attached hydrogens (tertiary/aromatic N) is 2. The third-order valence-electron chi connectivity index (χ3n) is 4.27. The van der Waals surface area contributed by atoms with Crippen LogP contribution in [0.3, 0.4) is 0 Å². The molecule has 0 bridgehead atoms. The molecule has 2 aromatic rings. The number of likely N-dealkylation sites (tertiary alicyclic amines) is 1. The van der Waals surface area contributed by atoms with Crippen LogP contribution in [0.2, 0.25) is 0 Å². The maximum atomic E-state index is 5.75. The van der Waals surface area contributed by atoms with Crippen molar-refractivity contribution in [2.75, 3.05) is 13.1 Å². The fraction of sp³-hybridized carbons (Fsp3) is 0.471. The molecule has 1 aliphatic rings. The fourth-order valence-electron chi connectivity index (χ4n) is 3.19. The first-order chi connectivity index (χ1) is 9.86. The van der Waals surface area contributed by atoms with Crippen LogP contribution < -0.4 is 5.73 Å². The lowest BCUT2D eigenvalue weighted by Crippen LogP contribution is -2.40. The predicted molar refractivity (Wildman–Crippen MR) is 83.5 cm³/mol. The Morgan fingerprint density at radius 2 is 2.05 bits per heavy atom. The van der Waals surface area contributed by atoms with Gasteiger partial charge in [-0.3, -0.25) is 9.88 Å². The molecular formula is C17H23N3. The van der Waals surface area contributed by atoms with E-state index in [4.69, 9.17) is 10.7 Å². The van der Waals surface area contributed by atoms with Gasteiger partial charge in [-0.1, -0.05) is 30.7 Å². The monoisotopic (exact) mass is 269 g/mol. The summed E-state index contributed by atoms with van der Waals surface area (Å²) in [6, 6.07) is 13.3. The van der Waals surface area contributed by atoms with Crippen LogP contribution in [0.25, 0.3) is 10.9 Å². The van der Waals surface area contributed by atoms with Crippen LogP contribution in [-0.4, -0.2) is 29.0 Å². The molecule has 106 valence electrons. The Bertz CT molecular complexity index is 565. The molecule has 3 heteroatoms. The van der Waals surface area contributed by atoms with Crippen LogP contribution >= 0.6 is 0 Å². The normalized spacial score (nSPS) is 20.4. The molecule has 0 spiro atoms. The Hall–Kier alpha value is -1.45. The lowest BCUT2D eigenvalue weighted by Gasteiger charge is -2.35. The Morgan fingerprint density at radius 1 is 1.15 bits per heavy atom. The van der Waals surface area contributed by atoms with Crippen molar-refractivity contribution in [3.05, 3.63) is 42.1 Å². The average Bonchev–Trinajstić information content (AvgIpc) is 2.49. The van der Waals surface area contributed by atoms with Gasteiger partial charge in [0.25, 0.3) is 0 Å². The molecule has 1 fully saturated rings. The molecule has 1 aromatic heterocycles. The summed E-state index contributed by atoms with van der Waals surface area (Å²) in [7, 11) is 0. The highest BCUT2D eigenvalue weighted by Crippen LogP contribution is 2.22. The van der Waals surface area contributed by atoms with E-state index in [-0.39, 0.29) is 0 Å². The molecule has 1 atom stereocenters. The maximum Gasteiger partial charge on any atom is 0.0705 e. The fourth-order valence-corrected chi connectivity index (χ4v) is 3.19. The molecular weight excluding hydrogens is 246 g/mol. The van der Waals surface area contributed by atoms with Crippen molar-refractivity contribution in [2.45, 2.75) is 38.3 Å². The lowest BCUT2D eigenvalue weighted by atomic mass is 9.99. The minimum atomic E-state index is 0.641. The molecule has 0 radical (unpaired) electrons. The second kappa shape index (κ2) is 6.33. The number of hydrogen-bond donors (Lipinski definition) is 1. The number of rotatable bonds is 4. The zero-order chi connectivity index (χ0) is 13.8. The quantitative estimate of drug-likeness (QED) is 0.928. The first-order valence-electron chi connectivity index (χ1n) is 7.65. The van der Waals surface area contributed by atoms with Crippen LogP contribution in [0.1, 0.15) is 31.4 Å². The van der Waals surface area contributed by atoms with E-state index < -0.39 is 0 Å². The second-order valence-electron chi connectivity index (χ2n) is 5.69. The summed E-state index contributed by atoms with van der Waals surface area (Å²) >= 11 is 0. The van der Waals surface area contributed by atoms with E-state index in [1.54, 1.807) is 0 Å². The smallest absolute Gasteiger partial charge is 0.0705 e. The summed E-state index contributed by atoms with van der Waals surface area (Å²) < 4.78 is 0. The second-order valence-corrected chi connectivity index (χ2v) is 5.69. The highest BCUT2D eigenvalue weighted by Gasteiger charge is 2.21. The number of fused-ring (bicyclic) bond motifs is 1. The van der Waals surface area contributed by atoms with Crippen molar-refractivity contribution < 1.29 is 0 Å². The topological polar surface area (TPSA) is 42.1 Å². The molecule has 1 saturated heterocycles. The van der Waals surface area contributed by atoms with Crippen LogP contribution in [0.15, 0.2) is 36.4 Å². The van der Waals surface area contributed by atoms with Crippen molar-refractivity contribution in [1.29, 1.82) is 0 Å². The SMILES string of the molecule is NCCC1CCCCN1Cc1ccc2ccccc2n1. The number of piperidine rings is 1. The molecule has 2 N–H and O–H groups in total. The molecule has 3 rings (SSSR count). The van der Waals surface area contributed by atoms with Crippen molar-refractivity contribution in [3.8, 4) is 0 Å². The summed E-state index contributed by atoms with van der Waals surface area (Å²) in [5, 5.41) is 1.22. The number of benzene rings is 1. The first-order valence-corrected chi connectivity index (χ1v) is 7.65. The van der Waals surface area contributed by atoms with Crippen LogP contribution in [0, 0.1) is 0 Å². The molecule has 1 unspecified atom stereocenters. The van der Waals surface area contributed by atoms with E-state index in [9.17, 15) is 0 Å². The van der Waals surface area contributed by atoms with Gasteiger partial charge in [-0.05, 0) is 44.5 Å². The van der Waals surface area contributed by atoms with Crippen molar-refractivity contribution in [1.82, 2.24) is 9.88 Å². The van der Waals surface area contributed by atoms with E-state index >= 15 is 0 Å². The van der Waals surface area contributed by atoms with Gasteiger partial charge in [0, 0.05) is 18.0 Å². The Kier molecular flexibility index (Phi) is 4.28. The summed E-state index contributed by atoms with van der Waals surface area (Å²) in [4.78, 5) is 7.35. The number of para-hydroxylation sites is 1. The summed E-state index contributed by atoms with van der Waals surface area (Å²) in [5.74, 6) is 0. The van der Waals surface area contributed by atoms with E-state index in [0.29, 0.717) is 6.04 Å². The van der Waals surface area contributed by atoms with Gasteiger partial charge < -0.3 is 5.73 Å². The standard InChI is InChI=1S/C17H23N3/c18-11-10-16-6-3-4-12-20(16)13-15-9-8-14-5-1-2-7-17(14)19-15/h1-2,5,7-9,16H,3-4,6,10-13,18H2. The largest absolute Gasteiger partial charge is 0.330 e. The molecule has 3 nitrogen and oxygen atoms in total. The first kappa shape index (κ1) is 13.5. The molecule has 0 saturated carbocycles. The minimum Gasteiger partial charge on any atom is -0.330 e. The van der Waals surface area contributed by atoms with Gasteiger partial charge in [-0.25, -0.2) is 0 Å². The van der Waals surface area contributed by atoms with E-state index in [1.165, 1.54) is 36.9 Å². The number of nitrogens with two attached hydrogens (primary N) is 1. The van der Waals surface area contributed by atoms with Gasteiger partial charge in [0.05, 0.1) is 11.2 Å². The number of aromatic nitrogens is 1. The molecule has 1 aromatic carbocycles. The molecule has 0 amide bonds. The van der Waals surface area contributed by atoms with Crippen molar-refractivity contribution in [2.24, 2.45) is 5.73 Å². The average molecular weight is 269 g/mol. The predicted octanol–water partition coefficient (Wildman–Crippen LogP) is 2.94. The third kappa shape index (κ3) is 3.00. The van der Waals surface area contributed by atoms with Crippen LogP contribution in [0.4, 0.5) is 0 Å². The highest BCUT2D eigenvalue weighted by molar-refractivity contribution is 5.78. The van der Waals surface area contributed by atoms with E-state index in [2.05, 4.69) is 41.3 Å². The van der Waals surface area contributed by atoms with Gasteiger partial charge in [-0.2, -0.15) is 0 Å². The lowest BCUT2D eigenvalue weighted by molar-refractivity contribution is 0.132. The van der Waals surface area contributed by atoms with Gasteiger partial charge in [0.1, 0.15) is 0 Å². The van der Waals surface area contributed by atoms with Gasteiger partial charge in [0.15, 0.2) is 0 Å². The van der Waals surface area contributed by atoms with Crippen LogP contribution in [-0.2, 0) is 6.54 Å². The Morgan fingerprint density at radius 3 is 2.95 bits per heavy atom. The maximum absolute atomic E-state index is 5.75. The van der Waals surface area contributed by atoms with Crippen molar-refractivity contribution in [3.63, 3.8) is 0 Å². The van der Waals surface area contributed by atoms with E-state index in [0.717, 1.165) is 25.0 Å². The minimum absolute atomic E-state index is 0.641. The van der Waals surface area contributed by atoms with Gasteiger partial charge >= 0.3 is 0 Å².